The van der Waals surface area contributed by atoms with Crippen molar-refractivity contribution in [3.63, 3.8) is 0 Å². The Morgan fingerprint density at radius 1 is 1.23 bits per heavy atom. The van der Waals surface area contributed by atoms with E-state index in [1.807, 2.05) is 16.0 Å². The van der Waals surface area contributed by atoms with Gasteiger partial charge in [-0.25, -0.2) is 4.98 Å². The van der Waals surface area contributed by atoms with E-state index in [1.54, 1.807) is 0 Å². The van der Waals surface area contributed by atoms with Crippen LogP contribution in [0.3, 0.4) is 0 Å². The predicted molar refractivity (Wildman–Crippen MR) is 97.1 cm³/mol. The van der Waals surface area contributed by atoms with Crippen molar-refractivity contribution in [2.75, 3.05) is 52.9 Å². The molecule has 0 saturated carbocycles. The van der Waals surface area contributed by atoms with Crippen molar-refractivity contribution in [1.82, 2.24) is 24.7 Å². The molecular formula is C18H29N5O3. The number of hydrogen-bond donors (Lipinski definition) is 1. The Kier molecular flexibility index (Phi) is 6.26. The van der Waals surface area contributed by atoms with Crippen molar-refractivity contribution in [3.05, 3.63) is 17.7 Å². The fourth-order valence-corrected chi connectivity index (χ4v) is 3.72. The molecule has 0 atom stereocenters. The van der Waals surface area contributed by atoms with E-state index < -0.39 is 0 Å². The van der Waals surface area contributed by atoms with Crippen LogP contribution >= 0.6 is 0 Å². The second-order valence-electron chi connectivity index (χ2n) is 6.93. The molecule has 3 heterocycles. The second-order valence-corrected chi connectivity index (χ2v) is 6.93. The van der Waals surface area contributed by atoms with Crippen LogP contribution in [0.15, 0.2) is 6.20 Å². The van der Waals surface area contributed by atoms with Crippen LogP contribution in [0.2, 0.25) is 0 Å². The quantitative estimate of drug-likeness (QED) is 0.758. The molecule has 1 aromatic heterocycles. The van der Waals surface area contributed by atoms with Gasteiger partial charge in [0.15, 0.2) is 0 Å². The summed E-state index contributed by atoms with van der Waals surface area (Å²) in [4.78, 5) is 32.7. The van der Waals surface area contributed by atoms with E-state index in [4.69, 9.17) is 4.74 Å². The molecule has 0 radical (unpaired) electrons. The number of aromatic nitrogens is 2. The van der Waals surface area contributed by atoms with Gasteiger partial charge in [-0.1, -0.05) is 6.92 Å². The topological polar surface area (TPSA) is 79.7 Å². The highest BCUT2D eigenvalue weighted by atomic mass is 16.5. The molecule has 3 rings (SSSR count). The number of nitrogens with zero attached hydrogens (tertiary/aromatic N) is 4. The molecule has 0 spiro atoms. The lowest BCUT2D eigenvalue weighted by Gasteiger charge is -2.33. The second kappa shape index (κ2) is 8.64. The smallest absolute Gasteiger partial charge is 0.319 e. The lowest BCUT2D eigenvalue weighted by molar-refractivity contribution is -0.142. The maximum atomic E-state index is 12.9. The van der Waals surface area contributed by atoms with Gasteiger partial charge in [-0.3, -0.25) is 14.5 Å². The largest absolute Gasteiger partial charge is 0.468 e. The third-order valence-corrected chi connectivity index (χ3v) is 5.29. The van der Waals surface area contributed by atoms with Crippen molar-refractivity contribution in [2.24, 2.45) is 0 Å². The van der Waals surface area contributed by atoms with Gasteiger partial charge in [0.2, 0.25) is 0 Å². The highest BCUT2D eigenvalue weighted by molar-refractivity contribution is 5.92. The molecule has 0 unspecified atom stereocenters. The van der Waals surface area contributed by atoms with Crippen LogP contribution in [0.4, 0.5) is 0 Å². The van der Waals surface area contributed by atoms with E-state index in [9.17, 15) is 9.59 Å². The molecule has 26 heavy (non-hydrogen) atoms. The molecule has 1 N–H and O–H groups in total. The Bertz CT molecular complexity index is 631. The van der Waals surface area contributed by atoms with Gasteiger partial charge >= 0.3 is 5.97 Å². The third kappa shape index (κ3) is 4.24. The van der Waals surface area contributed by atoms with Gasteiger partial charge in [-0.05, 0) is 25.9 Å². The Balaban J connectivity index is 1.63. The van der Waals surface area contributed by atoms with Crippen LogP contribution in [0.25, 0.3) is 0 Å². The van der Waals surface area contributed by atoms with E-state index in [0.717, 1.165) is 38.2 Å². The molecule has 1 aromatic rings. The van der Waals surface area contributed by atoms with Crippen LogP contribution in [0.1, 0.15) is 42.1 Å². The highest BCUT2D eigenvalue weighted by Gasteiger charge is 2.27. The highest BCUT2D eigenvalue weighted by Crippen LogP contribution is 2.22. The number of piperidine rings is 1. The average Bonchev–Trinajstić information content (AvgIpc) is 3.13. The molecule has 2 saturated heterocycles. The first-order chi connectivity index (χ1) is 12.6. The SMILES string of the molecule is CCc1nc(C(=O)N2CCN(CC(=O)OC)CC2)cn1C1CCNCC1. The summed E-state index contributed by atoms with van der Waals surface area (Å²) in [5.41, 5.74) is 0.543. The summed E-state index contributed by atoms with van der Waals surface area (Å²) >= 11 is 0. The van der Waals surface area contributed by atoms with E-state index in [-0.39, 0.29) is 18.4 Å². The van der Waals surface area contributed by atoms with Crippen LogP contribution in [-0.4, -0.2) is 84.2 Å². The molecule has 2 aliphatic rings. The number of hydrogen-bond acceptors (Lipinski definition) is 6. The third-order valence-electron chi connectivity index (χ3n) is 5.29. The summed E-state index contributed by atoms with van der Waals surface area (Å²) in [6.07, 6.45) is 4.91. The summed E-state index contributed by atoms with van der Waals surface area (Å²) < 4.78 is 6.91. The molecule has 0 aromatic carbocycles. The monoisotopic (exact) mass is 363 g/mol. The Labute approximate surface area is 154 Å². The molecular weight excluding hydrogens is 334 g/mol. The molecule has 2 aliphatic heterocycles. The Morgan fingerprint density at radius 3 is 2.54 bits per heavy atom. The van der Waals surface area contributed by atoms with E-state index in [1.165, 1.54) is 7.11 Å². The Hall–Kier alpha value is -1.93. The van der Waals surface area contributed by atoms with Crippen LogP contribution in [-0.2, 0) is 16.0 Å². The Morgan fingerprint density at radius 2 is 1.92 bits per heavy atom. The molecule has 0 aliphatic carbocycles. The van der Waals surface area contributed by atoms with Crippen molar-refractivity contribution in [2.45, 2.75) is 32.2 Å². The van der Waals surface area contributed by atoms with Gasteiger partial charge < -0.3 is 19.5 Å². The number of carbonyl (C=O) groups is 2. The summed E-state index contributed by atoms with van der Waals surface area (Å²) in [7, 11) is 1.39. The van der Waals surface area contributed by atoms with Crippen molar-refractivity contribution in [3.8, 4) is 0 Å². The lowest BCUT2D eigenvalue weighted by atomic mass is 10.1. The fourth-order valence-electron chi connectivity index (χ4n) is 3.72. The van der Waals surface area contributed by atoms with Gasteiger partial charge in [0.1, 0.15) is 11.5 Å². The number of carbonyl (C=O) groups excluding carboxylic acids is 2. The van der Waals surface area contributed by atoms with Crippen molar-refractivity contribution < 1.29 is 14.3 Å². The maximum absolute atomic E-state index is 12.9. The standard InChI is InChI=1S/C18H29N5O3/c1-3-16-20-15(12-23(16)14-4-6-19-7-5-14)18(25)22-10-8-21(9-11-22)13-17(24)26-2/h12,14,19H,3-11,13H2,1-2H3. The number of methoxy groups -OCH3 is 1. The summed E-state index contributed by atoms with van der Waals surface area (Å²) in [5, 5.41) is 3.38. The normalized spacial score (nSPS) is 19.5. The zero-order valence-electron chi connectivity index (χ0n) is 15.7. The molecule has 144 valence electrons. The molecule has 8 nitrogen and oxygen atoms in total. The fraction of sp³-hybridized carbons (Fsp3) is 0.722. The minimum Gasteiger partial charge on any atom is -0.468 e. The molecule has 8 heteroatoms. The number of imidazole rings is 1. The predicted octanol–water partition coefficient (Wildman–Crippen LogP) is 0.301. The molecule has 2 fully saturated rings. The van der Waals surface area contributed by atoms with Crippen LogP contribution in [0, 0.1) is 0 Å². The number of nitrogens with one attached hydrogen (secondary N) is 1. The number of amides is 1. The average molecular weight is 363 g/mol. The van der Waals surface area contributed by atoms with Crippen molar-refractivity contribution >= 4 is 11.9 Å². The molecule has 1 amide bonds. The first kappa shape index (κ1) is 18.8. The summed E-state index contributed by atoms with van der Waals surface area (Å²) in [6, 6.07) is 0.428. The van der Waals surface area contributed by atoms with E-state index >= 15 is 0 Å². The first-order valence-electron chi connectivity index (χ1n) is 9.49. The van der Waals surface area contributed by atoms with Gasteiger partial charge in [0.25, 0.3) is 5.91 Å². The van der Waals surface area contributed by atoms with Gasteiger partial charge in [-0.15, -0.1) is 0 Å². The number of ether oxygens (including phenoxy) is 1. The van der Waals surface area contributed by atoms with Crippen LogP contribution in [0.5, 0.6) is 0 Å². The number of esters is 1. The first-order valence-corrected chi connectivity index (χ1v) is 9.49. The number of rotatable bonds is 5. The van der Waals surface area contributed by atoms with Crippen molar-refractivity contribution in [1.29, 1.82) is 0 Å². The van der Waals surface area contributed by atoms with Crippen LogP contribution < -0.4 is 5.32 Å². The van der Waals surface area contributed by atoms with Gasteiger partial charge in [0.05, 0.1) is 13.7 Å². The molecule has 0 bridgehead atoms. The zero-order chi connectivity index (χ0) is 18.5. The minimum absolute atomic E-state index is 0.00916. The number of piperazine rings is 1. The summed E-state index contributed by atoms with van der Waals surface area (Å²) in [5.74, 6) is 0.743. The lowest BCUT2D eigenvalue weighted by Crippen LogP contribution is -2.50. The van der Waals surface area contributed by atoms with Gasteiger partial charge in [0, 0.05) is 44.8 Å². The number of aryl methyl sites for hydroxylation is 1. The van der Waals surface area contributed by atoms with E-state index in [2.05, 4.69) is 21.8 Å². The summed E-state index contributed by atoms with van der Waals surface area (Å²) in [6.45, 7) is 6.96. The zero-order valence-corrected chi connectivity index (χ0v) is 15.7. The maximum Gasteiger partial charge on any atom is 0.319 e. The van der Waals surface area contributed by atoms with Gasteiger partial charge in [-0.2, -0.15) is 0 Å². The minimum atomic E-state index is -0.238. The van der Waals surface area contributed by atoms with E-state index in [0.29, 0.717) is 37.9 Å².